The molecule has 1 aliphatic carbocycles. The highest BCUT2D eigenvalue weighted by Gasteiger charge is 2.15. The molecule has 0 aliphatic heterocycles. The number of benzene rings is 1. The minimum absolute atomic E-state index is 0.0404. The minimum Gasteiger partial charge on any atom is -0.495 e. The predicted molar refractivity (Wildman–Crippen MR) is 94.4 cm³/mol. The zero-order valence-corrected chi connectivity index (χ0v) is 14.8. The van der Waals surface area contributed by atoms with E-state index in [9.17, 15) is 9.59 Å². The SMILES string of the molecule is COc1ccc(CCC(=O)NCC(=O)NC2CCCCC2)cc1Cl. The molecule has 0 heterocycles. The van der Waals surface area contributed by atoms with Gasteiger partial charge in [0.1, 0.15) is 5.75 Å². The molecule has 0 radical (unpaired) electrons. The minimum atomic E-state index is -0.138. The highest BCUT2D eigenvalue weighted by molar-refractivity contribution is 6.32. The second kappa shape index (κ2) is 9.52. The summed E-state index contributed by atoms with van der Waals surface area (Å²) >= 11 is 6.06. The average Bonchev–Trinajstić information content (AvgIpc) is 2.59. The summed E-state index contributed by atoms with van der Waals surface area (Å²) in [6, 6.07) is 5.73. The normalized spacial score (nSPS) is 14.9. The lowest BCUT2D eigenvalue weighted by molar-refractivity contribution is -0.126. The van der Waals surface area contributed by atoms with Crippen molar-refractivity contribution in [3.8, 4) is 5.75 Å². The van der Waals surface area contributed by atoms with Crippen molar-refractivity contribution in [2.45, 2.75) is 51.0 Å². The van der Waals surface area contributed by atoms with Crippen molar-refractivity contribution in [2.75, 3.05) is 13.7 Å². The first kappa shape index (κ1) is 18.6. The number of amides is 2. The summed E-state index contributed by atoms with van der Waals surface area (Å²) in [7, 11) is 1.56. The molecule has 24 heavy (non-hydrogen) atoms. The van der Waals surface area contributed by atoms with Gasteiger partial charge in [-0.15, -0.1) is 0 Å². The lowest BCUT2D eigenvalue weighted by atomic mass is 9.95. The Bertz CT molecular complexity index is 571. The van der Waals surface area contributed by atoms with Crippen LogP contribution in [0.1, 0.15) is 44.1 Å². The van der Waals surface area contributed by atoms with Crippen LogP contribution in [-0.4, -0.2) is 31.5 Å². The van der Waals surface area contributed by atoms with Crippen molar-refractivity contribution in [3.05, 3.63) is 28.8 Å². The molecular formula is C18H25ClN2O3. The summed E-state index contributed by atoms with van der Waals surface area (Å²) in [5, 5.41) is 6.18. The lowest BCUT2D eigenvalue weighted by Gasteiger charge is -2.22. The Morgan fingerprint density at radius 1 is 1.21 bits per heavy atom. The Kier molecular flexibility index (Phi) is 7.37. The van der Waals surface area contributed by atoms with Crippen LogP contribution in [0, 0.1) is 0 Å². The number of carbonyl (C=O) groups excluding carboxylic acids is 2. The first-order chi connectivity index (χ1) is 11.6. The number of rotatable bonds is 7. The van der Waals surface area contributed by atoms with E-state index in [4.69, 9.17) is 16.3 Å². The van der Waals surface area contributed by atoms with Gasteiger partial charge in [-0.25, -0.2) is 0 Å². The van der Waals surface area contributed by atoms with E-state index in [2.05, 4.69) is 10.6 Å². The predicted octanol–water partition coefficient (Wildman–Crippen LogP) is 2.85. The van der Waals surface area contributed by atoms with E-state index in [1.807, 2.05) is 6.07 Å². The fourth-order valence-corrected chi connectivity index (χ4v) is 3.20. The van der Waals surface area contributed by atoms with Crippen molar-refractivity contribution in [1.29, 1.82) is 0 Å². The van der Waals surface area contributed by atoms with Gasteiger partial charge in [0.2, 0.25) is 11.8 Å². The van der Waals surface area contributed by atoms with Crippen LogP contribution in [-0.2, 0) is 16.0 Å². The Morgan fingerprint density at radius 2 is 1.96 bits per heavy atom. The number of ether oxygens (including phenoxy) is 1. The van der Waals surface area contributed by atoms with E-state index < -0.39 is 0 Å². The molecule has 0 aromatic heterocycles. The molecule has 132 valence electrons. The largest absolute Gasteiger partial charge is 0.495 e. The molecule has 0 bridgehead atoms. The van der Waals surface area contributed by atoms with Crippen molar-refractivity contribution in [2.24, 2.45) is 0 Å². The molecule has 1 aromatic rings. The molecule has 0 unspecified atom stereocenters. The van der Waals surface area contributed by atoms with Crippen LogP contribution >= 0.6 is 11.6 Å². The molecule has 1 fully saturated rings. The van der Waals surface area contributed by atoms with Crippen molar-refractivity contribution in [1.82, 2.24) is 10.6 Å². The summed E-state index contributed by atoms with van der Waals surface area (Å²) in [6.45, 7) is 0.0404. The molecule has 2 N–H and O–H groups in total. The van der Waals surface area contributed by atoms with Gasteiger partial charge in [-0.2, -0.15) is 0 Å². The van der Waals surface area contributed by atoms with E-state index >= 15 is 0 Å². The molecule has 0 saturated heterocycles. The van der Waals surface area contributed by atoms with Crippen molar-refractivity contribution in [3.63, 3.8) is 0 Å². The molecular weight excluding hydrogens is 328 g/mol. The molecule has 1 aromatic carbocycles. The van der Waals surface area contributed by atoms with Crippen LogP contribution < -0.4 is 15.4 Å². The Morgan fingerprint density at radius 3 is 2.62 bits per heavy atom. The van der Waals surface area contributed by atoms with Gasteiger partial charge >= 0.3 is 0 Å². The third kappa shape index (κ3) is 6.04. The Balaban J connectivity index is 1.67. The Hall–Kier alpha value is -1.75. The van der Waals surface area contributed by atoms with Crippen LogP contribution in [0.3, 0.4) is 0 Å². The molecule has 2 amide bonds. The van der Waals surface area contributed by atoms with Crippen LogP contribution in [0.25, 0.3) is 0 Å². The van der Waals surface area contributed by atoms with Crippen LogP contribution in [0.15, 0.2) is 18.2 Å². The summed E-state index contributed by atoms with van der Waals surface area (Å²) in [4.78, 5) is 23.7. The number of aryl methyl sites for hydroxylation is 1. The highest BCUT2D eigenvalue weighted by atomic mass is 35.5. The van der Waals surface area contributed by atoms with Gasteiger partial charge in [-0.05, 0) is 37.0 Å². The molecule has 0 atom stereocenters. The first-order valence-corrected chi connectivity index (χ1v) is 8.84. The van der Waals surface area contributed by atoms with E-state index in [0.717, 1.165) is 18.4 Å². The number of carbonyl (C=O) groups is 2. The first-order valence-electron chi connectivity index (χ1n) is 8.47. The number of hydrogen-bond acceptors (Lipinski definition) is 3. The van der Waals surface area contributed by atoms with Crippen molar-refractivity contribution >= 4 is 23.4 Å². The van der Waals surface area contributed by atoms with Gasteiger partial charge in [-0.1, -0.05) is 36.9 Å². The summed E-state index contributed by atoms with van der Waals surface area (Å²) < 4.78 is 5.10. The monoisotopic (exact) mass is 352 g/mol. The zero-order chi connectivity index (χ0) is 17.4. The van der Waals surface area contributed by atoms with E-state index in [1.165, 1.54) is 19.3 Å². The van der Waals surface area contributed by atoms with Crippen LogP contribution in [0.5, 0.6) is 5.75 Å². The molecule has 2 rings (SSSR count). The Labute approximate surface area is 148 Å². The van der Waals surface area contributed by atoms with Crippen LogP contribution in [0.4, 0.5) is 0 Å². The van der Waals surface area contributed by atoms with Crippen LogP contribution in [0.2, 0.25) is 5.02 Å². The summed E-state index contributed by atoms with van der Waals surface area (Å²) in [5.74, 6) is 0.368. The fraction of sp³-hybridized carbons (Fsp3) is 0.556. The molecule has 1 aliphatic rings. The fourth-order valence-electron chi connectivity index (χ4n) is 2.92. The molecule has 0 spiro atoms. The number of hydrogen-bond donors (Lipinski definition) is 2. The second-order valence-corrected chi connectivity index (χ2v) is 6.56. The van der Waals surface area contributed by atoms with Gasteiger partial charge in [-0.3, -0.25) is 9.59 Å². The number of methoxy groups -OCH3 is 1. The number of nitrogens with one attached hydrogen (secondary N) is 2. The quantitative estimate of drug-likeness (QED) is 0.793. The zero-order valence-electron chi connectivity index (χ0n) is 14.1. The maximum absolute atomic E-state index is 11.9. The summed E-state index contributed by atoms with van der Waals surface area (Å²) in [6.07, 6.45) is 6.55. The topological polar surface area (TPSA) is 67.4 Å². The third-order valence-electron chi connectivity index (χ3n) is 4.27. The third-order valence-corrected chi connectivity index (χ3v) is 4.57. The van der Waals surface area contributed by atoms with Crippen molar-refractivity contribution < 1.29 is 14.3 Å². The maximum Gasteiger partial charge on any atom is 0.239 e. The van der Waals surface area contributed by atoms with E-state index in [0.29, 0.717) is 23.6 Å². The average molecular weight is 353 g/mol. The summed E-state index contributed by atoms with van der Waals surface area (Å²) in [5.41, 5.74) is 0.961. The highest BCUT2D eigenvalue weighted by Crippen LogP contribution is 2.25. The van der Waals surface area contributed by atoms with Gasteiger partial charge in [0.25, 0.3) is 0 Å². The maximum atomic E-state index is 11.9. The van der Waals surface area contributed by atoms with E-state index in [-0.39, 0.29) is 24.4 Å². The van der Waals surface area contributed by atoms with Gasteiger partial charge in [0.15, 0.2) is 0 Å². The van der Waals surface area contributed by atoms with Gasteiger partial charge < -0.3 is 15.4 Å². The number of halogens is 1. The molecule has 5 nitrogen and oxygen atoms in total. The smallest absolute Gasteiger partial charge is 0.239 e. The molecule has 6 heteroatoms. The second-order valence-electron chi connectivity index (χ2n) is 6.15. The lowest BCUT2D eigenvalue weighted by Crippen LogP contribution is -2.42. The standard InChI is InChI=1S/C18H25ClN2O3/c1-24-16-9-7-13(11-15(16)19)8-10-17(22)20-12-18(23)21-14-5-3-2-4-6-14/h7,9,11,14H,2-6,8,10,12H2,1H3,(H,20,22)(H,21,23). The molecule has 1 saturated carbocycles. The van der Waals surface area contributed by atoms with E-state index in [1.54, 1.807) is 19.2 Å². The van der Waals surface area contributed by atoms with Gasteiger partial charge in [0.05, 0.1) is 18.7 Å². The van der Waals surface area contributed by atoms with Gasteiger partial charge in [0, 0.05) is 12.5 Å².